The molecular weight excluding hydrogens is 422 g/mol. The standard InChI is InChI=1S/C26H29NO6/c1-3-13-31-26(30)18-6-8-19(9-7-18)33-23-16-32-25-20(24(23)29)10-11-22(28)21(25)15-27-12-4-5-17(2)14-27/h6-11,16-17,28H,3-5,12-15H2,1-2H3/t17-/m1/s1. The van der Waals surface area contributed by atoms with Crippen LogP contribution in [0.25, 0.3) is 11.0 Å². The monoisotopic (exact) mass is 451 g/mol. The summed E-state index contributed by atoms with van der Waals surface area (Å²) in [6, 6.07) is 9.47. The van der Waals surface area contributed by atoms with E-state index in [0.717, 1.165) is 25.9 Å². The Hall–Kier alpha value is -3.32. The van der Waals surface area contributed by atoms with Gasteiger partial charge in [-0.3, -0.25) is 9.69 Å². The zero-order valence-electron chi connectivity index (χ0n) is 19.0. The summed E-state index contributed by atoms with van der Waals surface area (Å²) in [5.41, 5.74) is 1.07. The van der Waals surface area contributed by atoms with Crippen molar-refractivity contribution in [3.05, 3.63) is 64.0 Å². The van der Waals surface area contributed by atoms with Crippen molar-refractivity contribution in [3.63, 3.8) is 0 Å². The molecule has 3 aromatic rings. The van der Waals surface area contributed by atoms with Crippen molar-refractivity contribution >= 4 is 16.9 Å². The molecule has 0 amide bonds. The van der Waals surface area contributed by atoms with Crippen molar-refractivity contribution in [3.8, 4) is 17.2 Å². The number of ether oxygens (including phenoxy) is 2. The van der Waals surface area contributed by atoms with Crippen LogP contribution in [0.15, 0.2) is 51.9 Å². The second kappa shape index (κ2) is 10.1. The Bertz CT molecular complexity index is 1180. The fourth-order valence-corrected chi connectivity index (χ4v) is 4.17. The van der Waals surface area contributed by atoms with Gasteiger partial charge in [0.15, 0.2) is 0 Å². The number of piperidine rings is 1. The SMILES string of the molecule is CCCOC(=O)c1ccc(Oc2coc3c(CN4CCC[C@@H](C)C4)c(O)ccc3c2=O)cc1. The first kappa shape index (κ1) is 22.9. The molecule has 2 aromatic carbocycles. The van der Waals surface area contributed by atoms with Crippen LogP contribution in [-0.4, -0.2) is 35.7 Å². The van der Waals surface area contributed by atoms with Crippen LogP contribution in [0.2, 0.25) is 0 Å². The van der Waals surface area contributed by atoms with Crippen LogP contribution in [0.4, 0.5) is 0 Å². The minimum atomic E-state index is -0.399. The van der Waals surface area contributed by atoms with Crippen LogP contribution in [0, 0.1) is 5.92 Å². The first-order valence-electron chi connectivity index (χ1n) is 11.4. The van der Waals surface area contributed by atoms with Crippen LogP contribution < -0.4 is 10.2 Å². The lowest BCUT2D eigenvalue weighted by molar-refractivity contribution is 0.0505. The predicted octanol–water partition coefficient (Wildman–Crippen LogP) is 5.09. The van der Waals surface area contributed by atoms with E-state index in [0.29, 0.717) is 46.9 Å². The molecule has 0 spiro atoms. The molecule has 1 aliphatic heterocycles. The molecule has 0 radical (unpaired) electrons. The number of esters is 1. The molecule has 7 nitrogen and oxygen atoms in total. The van der Waals surface area contributed by atoms with Crippen molar-refractivity contribution < 1.29 is 23.8 Å². The molecule has 174 valence electrons. The molecule has 0 bridgehead atoms. The van der Waals surface area contributed by atoms with Gasteiger partial charge in [-0.15, -0.1) is 0 Å². The van der Waals surface area contributed by atoms with Crippen LogP contribution in [-0.2, 0) is 11.3 Å². The van der Waals surface area contributed by atoms with Crippen molar-refractivity contribution in [1.29, 1.82) is 0 Å². The van der Waals surface area contributed by atoms with E-state index in [1.54, 1.807) is 30.3 Å². The molecule has 4 rings (SSSR count). The first-order chi connectivity index (χ1) is 16.0. The summed E-state index contributed by atoms with van der Waals surface area (Å²) in [5, 5.41) is 10.8. The van der Waals surface area contributed by atoms with Gasteiger partial charge in [-0.1, -0.05) is 13.8 Å². The third-order valence-corrected chi connectivity index (χ3v) is 5.87. The molecule has 1 aromatic heterocycles. The van der Waals surface area contributed by atoms with Gasteiger partial charge in [0.1, 0.15) is 23.3 Å². The Morgan fingerprint density at radius 1 is 1.21 bits per heavy atom. The van der Waals surface area contributed by atoms with E-state index in [4.69, 9.17) is 13.9 Å². The van der Waals surface area contributed by atoms with Crippen molar-refractivity contribution in [1.82, 2.24) is 4.90 Å². The van der Waals surface area contributed by atoms with Gasteiger partial charge < -0.3 is 19.0 Å². The van der Waals surface area contributed by atoms with Gasteiger partial charge in [0, 0.05) is 13.1 Å². The number of benzene rings is 2. The minimum absolute atomic E-state index is 0.0343. The second-order valence-corrected chi connectivity index (χ2v) is 8.61. The third kappa shape index (κ3) is 5.20. The lowest BCUT2D eigenvalue weighted by Gasteiger charge is -2.31. The third-order valence-electron chi connectivity index (χ3n) is 5.87. The lowest BCUT2D eigenvalue weighted by atomic mass is 9.99. The minimum Gasteiger partial charge on any atom is -0.507 e. The molecule has 7 heteroatoms. The second-order valence-electron chi connectivity index (χ2n) is 8.61. The fraction of sp³-hybridized carbons (Fsp3) is 0.385. The van der Waals surface area contributed by atoms with Gasteiger partial charge in [-0.05, 0) is 68.1 Å². The molecule has 0 aliphatic carbocycles. The van der Waals surface area contributed by atoms with E-state index in [-0.39, 0.29) is 16.9 Å². The Morgan fingerprint density at radius 3 is 2.73 bits per heavy atom. The number of rotatable bonds is 7. The van der Waals surface area contributed by atoms with E-state index < -0.39 is 5.97 Å². The maximum absolute atomic E-state index is 13.1. The fourth-order valence-electron chi connectivity index (χ4n) is 4.17. The highest BCUT2D eigenvalue weighted by molar-refractivity contribution is 5.89. The van der Waals surface area contributed by atoms with Crippen molar-refractivity contribution in [2.45, 2.75) is 39.7 Å². The first-order valence-corrected chi connectivity index (χ1v) is 11.4. The summed E-state index contributed by atoms with van der Waals surface area (Å²) >= 11 is 0. The number of carbonyl (C=O) groups is 1. The number of nitrogens with zero attached hydrogens (tertiary/aromatic N) is 1. The van der Waals surface area contributed by atoms with Crippen molar-refractivity contribution in [2.75, 3.05) is 19.7 Å². The Labute approximate surface area is 192 Å². The number of aromatic hydroxyl groups is 1. The molecular formula is C26H29NO6. The number of carbonyl (C=O) groups excluding carboxylic acids is 1. The maximum atomic E-state index is 13.1. The number of hydrogen-bond acceptors (Lipinski definition) is 7. The predicted molar refractivity (Wildman–Crippen MR) is 125 cm³/mol. The molecule has 1 atom stereocenters. The summed E-state index contributed by atoms with van der Waals surface area (Å²) in [5.74, 6) is 0.747. The van der Waals surface area contributed by atoms with E-state index in [9.17, 15) is 14.7 Å². The summed E-state index contributed by atoms with van der Waals surface area (Å²) in [4.78, 5) is 27.3. The number of likely N-dealkylation sites (tertiary alicyclic amines) is 1. The Morgan fingerprint density at radius 2 is 2.00 bits per heavy atom. The average molecular weight is 452 g/mol. The number of fused-ring (bicyclic) bond motifs is 1. The van der Waals surface area contributed by atoms with Crippen LogP contribution in [0.3, 0.4) is 0 Å². The molecule has 1 N–H and O–H groups in total. The Kier molecular flexibility index (Phi) is 6.99. The molecule has 33 heavy (non-hydrogen) atoms. The van der Waals surface area contributed by atoms with Gasteiger partial charge in [0.05, 0.1) is 23.1 Å². The molecule has 0 unspecified atom stereocenters. The van der Waals surface area contributed by atoms with Gasteiger partial charge >= 0.3 is 5.97 Å². The van der Waals surface area contributed by atoms with E-state index in [2.05, 4.69) is 11.8 Å². The molecule has 1 aliphatic rings. The quantitative estimate of drug-likeness (QED) is 0.501. The Balaban J connectivity index is 1.56. The highest BCUT2D eigenvalue weighted by Crippen LogP contribution is 2.30. The van der Waals surface area contributed by atoms with E-state index in [1.807, 2.05) is 6.92 Å². The van der Waals surface area contributed by atoms with Gasteiger partial charge in [0.25, 0.3) is 0 Å². The number of phenols is 1. The van der Waals surface area contributed by atoms with Gasteiger partial charge in [0.2, 0.25) is 11.2 Å². The highest BCUT2D eigenvalue weighted by atomic mass is 16.5. The summed E-state index contributed by atoms with van der Waals surface area (Å²) in [6.45, 7) is 6.93. The average Bonchev–Trinajstić information content (AvgIpc) is 2.81. The molecule has 1 fully saturated rings. The molecule has 0 saturated carbocycles. The van der Waals surface area contributed by atoms with Crippen LogP contribution >= 0.6 is 0 Å². The van der Waals surface area contributed by atoms with Crippen molar-refractivity contribution in [2.24, 2.45) is 5.92 Å². The molecule has 2 heterocycles. The maximum Gasteiger partial charge on any atom is 0.338 e. The lowest BCUT2D eigenvalue weighted by Crippen LogP contribution is -2.33. The van der Waals surface area contributed by atoms with Gasteiger partial charge in [-0.25, -0.2) is 4.79 Å². The summed E-state index contributed by atoms with van der Waals surface area (Å²) in [7, 11) is 0. The van der Waals surface area contributed by atoms with Crippen LogP contribution in [0.1, 0.15) is 49.0 Å². The zero-order chi connectivity index (χ0) is 23.4. The summed E-state index contributed by atoms with van der Waals surface area (Å²) < 4.78 is 16.6. The topological polar surface area (TPSA) is 89.2 Å². The van der Waals surface area contributed by atoms with E-state index in [1.165, 1.54) is 18.8 Å². The normalized spacial score (nSPS) is 16.6. The number of hydrogen-bond donors (Lipinski definition) is 1. The number of phenolic OH excluding ortho intramolecular Hbond substituents is 1. The van der Waals surface area contributed by atoms with Crippen LogP contribution in [0.5, 0.6) is 17.2 Å². The summed E-state index contributed by atoms with van der Waals surface area (Å²) in [6.07, 6.45) is 4.34. The highest BCUT2D eigenvalue weighted by Gasteiger charge is 2.21. The zero-order valence-corrected chi connectivity index (χ0v) is 19.0. The molecule has 1 saturated heterocycles. The van der Waals surface area contributed by atoms with E-state index >= 15 is 0 Å². The smallest absolute Gasteiger partial charge is 0.338 e. The van der Waals surface area contributed by atoms with Gasteiger partial charge in [-0.2, -0.15) is 0 Å². The largest absolute Gasteiger partial charge is 0.507 e.